The molecule has 0 bridgehead atoms. The van der Waals surface area contributed by atoms with Crippen LogP contribution in [-0.4, -0.2) is 23.4 Å². The molecule has 2 aromatic carbocycles. The topological polar surface area (TPSA) is 98.5 Å². The molecule has 0 aromatic heterocycles. The number of carbonyl (C=O) groups is 2. The second kappa shape index (κ2) is 7.96. The second-order valence-electron chi connectivity index (χ2n) is 4.95. The first-order chi connectivity index (χ1) is 11.8. The second-order valence-corrected chi connectivity index (χ2v) is 5.76. The average molecular weight is 383 g/mol. The van der Waals surface area contributed by atoms with E-state index in [1.54, 1.807) is 6.07 Å². The van der Waals surface area contributed by atoms with Gasteiger partial charge < -0.3 is 10.1 Å². The molecule has 130 valence electrons. The van der Waals surface area contributed by atoms with Gasteiger partial charge in [0.25, 0.3) is 11.6 Å². The van der Waals surface area contributed by atoms with Crippen LogP contribution in [-0.2, 0) is 9.53 Å². The number of nitro benzene ring substituents is 1. The number of benzene rings is 2. The van der Waals surface area contributed by atoms with Gasteiger partial charge >= 0.3 is 5.97 Å². The molecule has 1 amide bonds. The van der Waals surface area contributed by atoms with Crippen molar-refractivity contribution >= 4 is 46.5 Å². The lowest BCUT2D eigenvalue weighted by molar-refractivity contribution is -0.385. The predicted octanol–water partition coefficient (Wildman–Crippen LogP) is 4.01. The largest absolute Gasteiger partial charge is 0.452 e. The maximum atomic E-state index is 12.1. The Bertz CT molecular complexity index is 834. The number of anilines is 1. The van der Waals surface area contributed by atoms with E-state index < -0.39 is 23.4 Å². The number of para-hydroxylation sites is 1. The Labute approximate surface area is 152 Å². The summed E-state index contributed by atoms with van der Waals surface area (Å²) in [5, 5.41) is 13.9. The number of esters is 1. The van der Waals surface area contributed by atoms with Crippen LogP contribution in [0, 0.1) is 17.0 Å². The van der Waals surface area contributed by atoms with Gasteiger partial charge in [-0.3, -0.25) is 14.9 Å². The highest BCUT2D eigenvalue weighted by atomic mass is 35.5. The number of amides is 1. The predicted molar refractivity (Wildman–Crippen MR) is 93.2 cm³/mol. The fraction of sp³-hybridized carbons (Fsp3) is 0.125. The zero-order valence-corrected chi connectivity index (χ0v) is 14.4. The minimum Gasteiger partial charge on any atom is -0.452 e. The van der Waals surface area contributed by atoms with Crippen LogP contribution in [0.15, 0.2) is 36.4 Å². The molecule has 0 aliphatic carbocycles. The summed E-state index contributed by atoms with van der Waals surface area (Å²) in [5.41, 5.74) is -0.0295. The smallest absolute Gasteiger partial charge is 0.345 e. The van der Waals surface area contributed by atoms with E-state index in [0.717, 1.165) is 0 Å². The maximum absolute atomic E-state index is 12.1. The van der Waals surface area contributed by atoms with E-state index >= 15 is 0 Å². The molecule has 2 rings (SSSR count). The van der Waals surface area contributed by atoms with Crippen LogP contribution >= 0.6 is 23.2 Å². The molecule has 0 fully saturated rings. The summed E-state index contributed by atoms with van der Waals surface area (Å²) in [6.45, 7) is 0.888. The Balaban J connectivity index is 2.08. The van der Waals surface area contributed by atoms with Gasteiger partial charge in [0.05, 0.1) is 20.7 Å². The average Bonchev–Trinajstić information content (AvgIpc) is 2.55. The molecule has 0 unspecified atom stereocenters. The Kier molecular flexibility index (Phi) is 5.95. The van der Waals surface area contributed by atoms with Gasteiger partial charge in [-0.15, -0.1) is 0 Å². The van der Waals surface area contributed by atoms with Gasteiger partial charge in [-0.25, -0.2) is 4.79 Å². The number of ether oxygens (including phenoxy) is 1. The summed E-state index contributed by atoms with van der Waals surface area (Å²) in [5.74, 6) is -1.65. The summed E-state index contributed by atoms with van der Waals surface area (Å²) in [6.07, 6.45) is 0. The number of halogens is 2. The van der Waals surface area contributed by atoms with Crippen molar-refractivity contribution in [1.29, 1.82) is 0 Å². The van der Waals surface area contributed by atoms with Crippen LogP contribution in [0.5, 0.6) is 0 Å². The lowest BCUT2D eigenvalue weighted by Crippen LogP contribution is -2.22. The number of nitrogens with one attached hydrogen (secondary N) is 1. The van der Waals surface area contributed by atoms with Crippen molar-refractivity contribution in [2.45, 2.75) is 6.92 Å². The third-order valence-corrected chi connectivity index (χ3v) is 3.84. The minimum absolute atomic E-state index is 0.189. The molecule has 1 N–H and O–H groups in total. The minimum atomic E-state index is -0.967. The van der Waals surface area contributed by atoms with Crippen molar-refractivity contribution in [1.82, 2.24) is 0 Å². The molecule has 25 heavy (non-hydrogen) atoms. The fourth-order valence-electron chi connectivity index (χ4n) is 2.07. The molecular weight excluding hydrogens is 371 g/mol. The first-order valence-electron chi connectivity index (χ1n) is 6.96. The highest BCUT2D eigenvalue weighted by Gasteiger charge is 2.24. The number of nitro groups is 1. The van der Waals surface area contributed by atoms with Crippen molar-refractivity contribution in [3.8, 4) is 0 Å². The third-order valence-electron chi connectivity index (χ3n) is 3.21. The van der Waals surface area contributed by atoms with Gasteiger partial charge in [-0.05, 0) is 24.6 Å². The standard InChI is InChI=1S/C16H12Cl2N2O5/c1-9-4-2-7-12(20(23)24)14(9)16(22)25-8-13(21)19-15-10(17)5-3-6-11(15)18/h2-7H,8H2,1H3,(H,19,21). The molecule has 0 aliphatic rings. The number of hydrogen-bond acceptors (Lipinski definition) is 5. The van der Waals surface area contributed by atoms with Crippen molar-refractivity contribution in [2.75, 3.05) is 11.9 Å². The van der Waals surface area contributed by atoms with Gasteiger partial charge in [-0.2, -0.15) is 0 Å². The first-order valence-corrected chi connectivity index (χ1v) is 7.72. The summed E-state index contributed by atoms with van der Waals surface area (Å²) in [4.78, 5) is 34.4. The Hall–Kier alpha value is -2.64. The van der Waals surface area contributed by atoms with Crippen molar-refractivity contribution in [3.05, 3.63) is 67.7 Å². The van der Waals surface area contributed by atoms with Crippen LogP contribution in [0.1, 0.15) is 15.9 Å². The third kappa shape index (κ3) is 4.46. The Morgan fingerprint density at radius 3 is 2.36 bits per heavy atom. The van der Waals surface area contributed by atoms with E-state index in [1.807, 2.05) is 0 Å². The lowest BCUT2D eigenvalue weighted by atomic mass is 10.1. The Morgan fingerprint density at radius 1 is 1.16 bits per heavy atom. The molecule has 0 atom stereocenters. The number of rotatable bonds is 5. The van der Waals surface area contributed by atoms with Gasteiger partial charge in [0.2, 0.25) is 0 Å². The molecule has 7 nitrogen and oxygen atoms in total. The first kappa shape index (κ1) is 18.7. The number of carbonyl (C=O) groups excluding carboxylic acids is 2. The quantitative estimate of drug-likeness (QED) is 0.478. The van der Waals surface area contributed by atoms with Crippen molar-refractivity contribution in [2.24, 2.45) is 0 Å². The Morgan fingerprint density at radius 2 is 1.76 bits per heavy atom. The monoisotopic (exact) mass is 382 g/mol. The number of aryl methyl sites for hydroxylation is 1. The van der Waals surface area contributed by atoms with Crippen LogP contribution in [0.3, 0.4) is 0 Å². The SMILES string of the molecule is Cc1cccc([N+](=O)[O-])c1C(=O)OCC(=O)Nc1c(Cl)cccc1Cl. The van der Waals surface area contributed by atoms with Crippen LogP contribution < -0.4 is 5.32 Å². The highest BCUT2D eigenvalue weighted by Crippen LogP contribution is 2.29. The maximum Gasteiger partial charge on any atom is 0.345 e. The molecule has 0 saturated carbocycles. The van der Waals surface area contributed by atoms with Gasteiger partial charge in [0.15, 0.2) is 6.61 Å². The van der Waals surface area contributed by atoms with Gasteiger partial charge in [0, 0.05) is 6.07 Å². The summed E-state index contributed by atoms with van der Waals surface area (Å²) < 4.78 is 4.87. The van der Waals surface area contributed by atoms with E-state index in [9.17, 15) is 19.7 Å². The summed E-state index contributed by atoms with van der Waals surface area (Å²) >= 11 is 11.9. The molecule has 0 saturated heterocycles. The molecular formula is C16H12Cl2N2O5. The van der Waals surface area contributed by atoms with E-state index in [0.29, 0.717) is 5.56 Å². The highest BCUT2D eigenvalue weighted by molar-refractivity contribution is 6.39. The van der Waals surface area contributed by atoms with Crippen LogP contribution in [0.4, 0.5) is 11.4 Å². The van der Waals surface area contributed by atoms with Crippen molar-refractivity contribution < 1.29 is 19.2 Å². The molecule has 0 spiro atoms. The summed E-state index contributed by atoms with van der Waals surface area (Å²) in [6, 6.07) is 8.85. The zero-order valence-electron chi connectivity index (χ0n) is 12.9. The fourth-order valence-corrected chi connectivity index (χ4v) is 2.56. The zero-order chi connectivity index (χ0) is 18.6. The number of hydrogen-bond donors (Lipinski definition) is 1. The van der Waals surface area contributed by atoms with Gasteiger partial charge in [-0.1, -0.05) is 41.4 Å². The van der Waals surface area contributed by atoms with Crippen LogP contribution in [0.25, 0.3) is 0 Å². The van der Waals surface area contributed by atoms with E-state index in [1.165, 1.54) is 37.3 Å². The molecule has 0 heterocycles. The molecule has 2 aromatic rings. The normalized spacial score (nSPS) is 10.2. The number of nitrogens with zero attached hydrogens (tertiary/aromatic N) is 1. The lowest BCUT2D eigenvalue weighted by Gasteiger charge is -2.10. The van der Waals surface area contributed by atoms with Crippen LogP contribution in [0.2, 0.25) is 10.0 Å². The van der Waals surface area contributed by atoms with E-state index in [4.69, 9.17) is 27.9 Å². The van der Waals surface area contributed by atoms with E-state index in [-0.39, 0.29) is 27.0 Å². The van der Waals surface area contributed by atoms with Gasteiger partial charge in [0.1, 0.15) is 5.56 Å². The molecule has 9 heteroatoms. The molecule has 0 aliphatic heterocycles. The molecule has 0 radical (unpaired) electrons. The summed E-state index contributed by atoms with van der Waals surface area (Å²) in [7, 11) is 0. The van der Waals surface area contributed by atoms with Crippen molar-refractivity contribution in [3.63, 3.8) is 0 Å². The van der Waals surface area contributed by atoms with E-state index in [2.05, 4.69) is 5.32 Å².